The van der Waals surface area contributed by atoms with Crippen LogP contribution in [0.2, 0.25) is 0 Å². The van der Waals surface area contributed by atoms with E-state index in [4.69, 9.17) is 5.26 Å². The first-order chi connectivity index (χ1) is 6.35. The molecule has 0 aromatic heterocycles. The minimum Gasteiger partial charge on any atom is -0.260 e. The highest BCUT2D eigenvalue weighted by Gasteiger charge is 2.16. The molecule has 0 fully saturated rings. The summed E-state index contributed by atoms with van der Waals surface area (Å²) >= 11 is 0. The molecule has 0 saturated heterocycles. The van der Waals surface area contributed by atoms with Gasteiger partial charge in [0, 0.05) is 12.1 Å². The molecule has 64 valence electrons. The van der Waals surface area contributed by atoms with E-state index in [2.05, 4.69) is 18.0 Å². The van der Waals surface area contributed by atoms with Crippen LogP contribution >= 0.6 is 0 Å². The summed E-state index contributed by atoms with van der Waals surface area (Å²) in [6, 6.07) is 7.82. The fourth-order valence-corrected chi connectivity index (χ4v) is 1.61. The molecule has 2 rings (SSSR count). The molecule has 0 aliphatic carbocycles. The second-order valence-electron chi connectivity index (χ2n) is 3.18. The molecule has 1 heterocycles. The highest BCUT2D eigenvalue weighted by atomic mass is 14.8. The van der Waals surface area contributed by atoms with Crippen molar-refractivity contribution in [2.45, 2.75) is 19.3 Å². The minimum absolute atomic E-state index is 0.406. The molecule has 1 unspecified atom stereocenters. The van der Waals surface area contributed by atoms with E-state index in [-0.39, 0.29) is 0 Å². The predicted molar refractivity (Wildman–Crippen MR) is 52.3 cm³/mol. The number of fused-ring (bicyclic) bond motifs is 1. The first kappa shape index (κ1) is 8.00. The molecule has 1 atom stereocenters. The minimum atomic E-state index is 0.406. The Morgan fingerprint density at radius 2 is 2.38 bits per heavy atom. The lowest BCUT2D eigenvalue weighted by atomic mass is 9.97. The normalized spacial score (nSPS) is 18.3. The van der Waals surface area contributed by atoms with Crippen molar-refractivity contribution in [1.82, 2.24) is 0 Å². The van der Waals surface area contributed by atoms with Crippen LogP contribution < -0.4 is 0 Å². The highest BCUT2D eigenvalue weighted by molar-refractivity contribution is 5.80. The molecular formula is C11H10N2. The first-order valence-corrected chi connectivity index (χ1v) is 4.43. The molecule has 0 amide bonds. The average Bonchev–Trinajstić information content (AvgIpc) is 2.59. The van der Waals surface area contributed by atoms with E-state index in [9.17, 15) is 0 Å². The largest absolute Gasteiger partial charge is 0.260 e. The number of hydrogen-bond donors (Lipinski definition) is 0. The first-order valence-electron chi connectivity index (χ1n) is 4.43. The Kier molecular flexibility index (Phi) is 1.86. The van der Waals surface area contributed by atoms with Crippen LogP contribution in [0.1, 0.15) is 30.4 Å². The van der Waals surface area contributed by atoms with Crippen LogP contribution in [0.4, 0.5) is 5.69 Å². The molecular weight excluding hydrogens is 160 g/mol. The second kappa shape index (κ2) is 3.02. The van der Waals surface area contributed by atoms with Crippen LogP contribution in [0.3, 0.4) is 0 Å². The van der Waals surface area contributed by atoms with Crippen LogP contribution in [0.15, 0.2) is 23.2 Å². The number of benzene rings is 1. The maximum atomic E-state index is 8.74. The van der Waals surface area contributed by atoms with Gasteiger partial charge in [-0.3, -0.25) is 4.99 Å². The standard InChI is InChI=1S/C11H10N2/c1-2-9-7-13-11-4-3-8(6-12)5-10(9)11/h3-5,7,9H,2H2,1H3. The molecule has 1 aromatic rings. The van der Waals surface area contributed by atoms with Gasteiger partial charge >= 0.3 is 0 Å². The zero-order chi connectivity index (χ0) is 9.26. The summed E-state index contributed by atoms with van der Waals surface area (Å²) in [6.07, 6.45) is 3.01. The molecule has 0 saturated carbocycles. The van der Waals surface area contributed by atoms with Crippen molar-refractivity contribution in [1.29, 1.82) is 5.26 Å². The van der Waals surface area contributed by atoms with Gasteiger partial charge in [0.15, 0.2) is 0 Å². The highest BCUT2D eigenvalue weighted by Crippen LogP contribution is 2.34. The van der Waals surface area contributed by atoms with Crippen molar-refractivity contribution in [3.8, 4) is 6.07 Å². The van der Waals surface area contributed by atoms with Gasteiger partial charge in [0.2, 0.25) is 0 Å². The Labute approximate surface area is 77.5 Å². The van der Waals surface area contributed by atoms with Gasteiger partial charge in [0.1, 0.15) is 0 Å². The Bertz CT molecular complexity index is 399. The number of aliphatic imine (C=N–C) groups is 1. The molecule has 0 bridgehead atoms. The van der Waals surface area contributed by atoms with E-state index in [0.29, 0.717) is 5.92 Å². The van der Waals surface area contributed by atoms with Crippen LogP contribution in [-0.2, 0) is 0 Å². The molecule has 1 aliphatic heterocycles. The molecule has 13 heavy (non-hydrogen) atoms. The van der Waals surface area contributed by atoms with Crippen LogP contribution in [-0.4, -0.2) is 6.21 Å². The van der Waals surface area contributed by atoms with Gasteiger partial charge in [0.05, 0.1) is 17.3 Å². The second-order valence-corrected chi connectivity index (χ2v) is 3.18. The lowest BCUT2D eigenvalue weighted by Crippen LogP contribution is -1.93. The third kappa shape index (κ3) is 1.23. The monoisotopic (exact) mass is 170 g/mol. The van der Waals surface area contributed by atoms with Crippen molar-refractivity contribution < 1.29 is 0 Å². The van der Waals surface area contributed by atoms with Crippen molar-refractivity contribution in [2.75, 3.05) is 0 Å². The maximum absolute atomic E-state index is 8.74. The van der Waals surface area contributed by atoms with Gasteiger partial charge in [-0.15, -0.1) is 0 Å². The molecule has 2 nitrogen and oxygen atoms in total. The molecule has 1 aliphatic rings. The van der Waals surface area contributed by atoms with Crippen molar-refractivity contribution in [2.24, 2.45) is 4.99 Å². The predicted octanol–water partition coefficient (Wildman–Crippen LogP) is 2.77. The average molecular weight is 170 g/mol. The van der Waals surface area contributed by atoms with Crippen LogP contribution in [0, 0.1) is 11.3 Å². The van der Waals surface area contributed by atoms with E-state index in [1.807, 2.05) is 24.4 Å². The Morgan fingerprint density at radius 3 is 3.08 bits per heavy atom. The number of hydrogen-bond acceptors (Lipinski definition) is 2. The van der Waals surface area contributed by atoms with E-state index in [1.54, 1.807) is 0 Å². The summed E-state index contributed by atoms with van der Waals surface area (Å²) in [7, 11) is 0. The van der Waals surface area contributed by atoms with Crippen molar-refractivity contribution in [3.05, 3.63) is 29.3 Å². The lowest BCUT2D eigenvalue weighted by molar-refractivity contribution is 0.875. The zero-order valence-corrected chi connectivity index (χ0v) is 7.49. The molecule has 2 heteroatoms. The van der Waals surface area contributed by atoms with E-state index < -0.39 is 0 Å². The molecule has 0 N–H and O–H groups in total. The number of nitriles is 1. The molecule has 0 spiro atoms. The Hall–Kier alpha value is -1.62. The fraction of sp³-hybridized carbons (Fsp3) is 0.273. The Balaban J connectivity index is 2.49. The van der Waals surface area contributed by atoms with Crippen LogP contribution in [0.5, 0.6) is 0 Å². The zero-order valence-electron chi connectivity index (χ0n) is 7.49. The summed E-state index contributed by atoms with van der Waals surface area (Å²) in [5.41, 5.74) is 2.94. The van der Waals surface area contributed by atoms with Gasteiger partial charge in [0.25, 0.3) is 0 Å². The van der Waals surface area contributed by atoms with Gasteiger partial charge in [-0.2, -0.15) is 5.26 Å². The SMILES string of the molecule is CCC1C=Nc2ccc(C#N)cc21. The number of nitrogens with zero attached hydrogens (tertiary/aromatic N) is 2. The lowest BCUT2D eigenvalue weighted by Gasteiger charge is -2.05. The van der Waals surface area contributed by atoms with Gasteiger partial charge < -0.3 is 0 Å². The van der Waals surface area contributed by atoms with Crippen LogP contribution in [0.25, 0.3) is 0 Å². The molecule has 1 aromatic carbocycles. The maximum Gasteiger partial charge on any atom is 0.0991 e. The topological polar surface area (TPSA) is 36.1 Å². The summed E-state index contributed by atoms with van der Waals surface area (Å²) in [4.78, 5) is 4.29. The third-order valence-electron chi connectivity index (χ3n) is 2.39. The van der Waals surface area contributed by atoms with Crippen molar-refractivity contribution in [3.63, 3.8) is 0 Å². The van der Waals surface area contributed by atoms with Crippen molar-refractivity contribution >= 4 is 11.9 Å². The smallest absolute Gasteiger partial charge is 0.0991 e. The number of rotatable bonds is 1. The quantitative estimate of drug-likeness (QED) is 0.638. The van der Waals surface area contributed by atoms with E-state index in [1.165, 1.54) is 5.56 Å². The summed E-state index contributed by atoms with van der Waals surface area (Å²) in [6.45, 7) is 2.13. The fourth-order valence-electron chi connectivity index (χ4n) is 1.61. The Morgan fingerprint density at radius 1 is 1.54 bits per heavy atom. The van der Waals surface area contributed by atoms with Gasteiger partial charge in [-0.1, -0.05) is 6.92 Å². The van der Waals surface area contributed by atoms with Gasteiger partial charge in [-0.25, -0.2) is 0 Å². The summed E-state index contributed by atoms with van der Waals surface area (Å²) in [5.74, 6) is 0.406. The van der Waals surface area contributed by atoms with E-state index >= 15 is 0 Å². The van der Waals surface area contributed by atoms with Gasteiger partial charge in [-0.05, 0) is 30.2 Å². The molecule has 0 radical (unpaired) electrons. The third-order valence-corrected chi connectivity index (χ3v) is 2.39. The van der Waals surface area contributed by atoms with E-state index in [0.717, 1.165) is 17.7 Å². The summed E-state index contributed by atoms with van der Waals surface area (Å²) < 4.78 is 0. The summed E-state index contributed by atoms with van der Waals surface area (Å²) in [5, 5.41) is 8.74.